The number of fused-ring (bicyclic) bond motifs is 1. The van der Waals surface area contributed by atoms with Crippen LogP contribution in [0.5, 0.6) is 0 Å². The lowest BCUT2D eigenvalue weighted by Crippen LogP contribution is -2.38. The summed E-state index contributed by atoms with van der Waals surface area (Å²) in [6.45, 7) is 1.57. The smallest absolute Gasteiger partial charge is 0.267 e. The molecule has 26 heavy (non-hydrogen) atoms. The largest absolute Gasteiger partial charge is 0.352 e. The lowest BCUT2D eigenvalue weighted by Gasteiger charge is -2.27. The highest BCUT2D eigenvalue weighted by atomic mass is 16.1. The third-order valence-corrected chi connectivity index (χ3v) is 5.36. The van der Waals surface area contributed by atoms with Crippen molar-refractivity contribution in [1.29, 1.82) is 0 Å². The number of aryl methyl sites for hydroxylation is 2. The van der Waals surface area contributed by atoms with Gasteiger partial charge in [-0.1, -0.05) is 0 Å². The van der Waals surface area contributed by atoms with Gasteiger partial charge in [0.05, 0.1) is 18.3 Å². The summed E-state index contributed by atoms with van der Waals surface area (Å²) in [5.74, 6) is 1.63. The molecule has 0 saturated carbocycles. The molecule has 0 radical (unpaired) electrons. The molecule has 7 nitrogen and oxygen atoms in total. The van der Waals surface area contributed by atoms with Crippen molar-refractivity contribution in [3.05, 3.63) is 39.9 Å². The molecular formula is C19H26N6O. The number of hydrogen-bond donors (Lipinski definition) is 0. The van der Waals surface area contributed by atoms with E-state index in [0.717, 1.165) is 55.7 Å². The molecule has 1 aliphatic carbocycles. The van der Waals surface area contributed by atoms with Gasteiger partial charge in [0, 0.05) is 32.9 Å². The van der Waals surface area contributed by atoms with E-state index in [9.17, 15) is 4.79 Å². The van der Waals surface area contributed by atoms with Crippen LogP contribution >= 0.6 is 0 Å². The Morgan fingerprint density at radius 3 is 2.92 bits per heavy atom. The minimum absolute atomic E-state index is 0.0224. The Morgan fingerprint density at radius 1 is 1.23 bits per heavy atom. The van der Waals surface area contributed by atoms with E-state index >= 15 is 0 Å². The first-order chi connectivity index (χ1) is 12.6. The first-order valence-electron chi connectivity index (χ1n) is 9.49. The Kier molecular flexibility index (Phi) is 4.61. The summed E-state index contributed by atoms with van der Waals surface area (Å²) < 4.78 is 1.67. The molecule has 1 aliphatic heterocycles. The second kappa shape index (κ2) is 7.05. The van der Waals surface area contributed by atoms with E-state index in [4.69, 9.17) is 0 Å². The molecular weight excluding hydrogens is 328 g/mol. The Bertz CT molecular complexity index is 846. The molecule has 1 saturated heterocycles. The summed E-state index contributed by atoms with van der Waals surface area (Å²) in [7, 11) is 3.88. The summed E-state index contributed by atoms with van der Waals surface area (Å²) in [6.07, 6.45) is 8.26. The fraction of sp³-hybridized carbons (Fsp3) is 0.579. The van der Waals surface area contributed by atoms with E-state index in [2.05, 4.69) is 20.0 Å². The van der Waals surface area contributed by atoms with Crippen LogP contribution in [-0.4, -0.2) is 46.4 Å². The Hall–Kier alpha value is -2.44. The molecule has 2 aliphatic rings. The molecule has 2 aromatic heterocycles. The van der Waals surface area contributed by atoms with Crippen LogP contribution in [-0.2, 0) is 19.4 Å². The van der Waals surface area contributed by atoms with E-state index < -0.39 is 0 Å². The Morgan fingerprint density at radius 2 is 2.08 bits per heavy atom. The highest BCUT2D eigenvalue weighted by Crippen LogP contribution is 2.25. The van der Waals surface area contributed by atoms with Gasteiger partial charge in [-0.25, -0.2) is 9.67 Å². The minimum atomic E-state index is 0.0224. The lowest BCUT2D eigenvalue weighted by atomic mass is 9.97. The third kappa shape index (κ3) is 3.30. The normalized spacial score (nSPS) is 19.5. The van der Waals surface area contributed by atoms with Gasteiger partial charge in [0.15, 0.2) is 0 Å². The molecule has 0 spiro atoms. The Balaban J connectivity index is 1.58. The molecule has 0 amide bonds. The van der Waals surface area contributed by atoms with Crippen molar-refractivity contribution in [1.82, 2.24) is 19.7 Å². The molecule has 0 bridgehead atoms. The zero-order chi connectivity index (χ0) is 18.1. The molecule has 7 heteroatoms. The summed E-state index contributed by atoms with van der Waals surface area (Å²) in [6, 6.07) is 4.00. The molecule has 1 unspecified atom stereocenters. The van der Waals surface area contributed by atoms with Crippen molar-refractivity contribution >= 4 is 11.8 Å². The molecule has 0 aromatic carbocycles. The molecule has 1 fully saturated rings. The van der Waals surface area contributed by atoms with E-state index in [0.29, 0.717) is 12.5 Å². The van der Waals surface area contributed by atoms with Crippen molar-refractivity contribution < 1.29 is 0 Å². The van der Waals surface area contributed by atoms with Crippen molar-refractivity contribution in [2.45, 2.75) is 51.1 Å². The summed E-state index contributed by atoms with van der Waals surface area (Å²) in [5.41, 5.74) is 2.28. The van der Waals surface area contributed by atoms with Crippen molar-refractivity contribution in [2.24, 2.45) is 0 Å². The maximum absolute atomic E-state index is 12.5. The third-order valence-electron chi connectivity index (χ3n) is 5.36. The number of rotatable bonds is 4. The van der Waals surface area contributed by atoms with Gasteiger partial charge in [-0.15, -0.1) is 0 Å². The minimum Gasteiger partial charge on any atom is -0.352 e. The van der Waals surface area contributed by atoms with Crippen LogP contribution in [0.4, 0.5) is 11.8 Å². The van der Waals surface area contributed by atoms with Gasteiger partial charge < -0.3 is 9.80 Å². The number of nitrogens with zero attached hydrogens (tertiary/aromatic N) is 6. The number of hydrogen-bond acceptors (Lipinski definition) is 6. The van der Waals surface area contributed by atoms with Gasteiger partial charge >= 0.3 is 0 Å². The monoisotopic (exact) mass is 354 g/mol. The Labute approximate surface area is 153 Å². The van der Waals surface area contributed by atoms with Gasteiger partial charge in [-0.3, -0.25) is 4.79 Å². The summed E-state index contributed by atoms with van der Waals surface area (Å²) >= 11 is 0. The second-order valence-corrected chi connectivity index (χ2v) is 7.44. The predicted octanol–water partition coefficient (Wildman–Crippen LogP) is 1.65. The van der Waals surface area contributed by atoms with Crippen LogP contribution in [0.1, 0.15) is 36.9 Å². The zero-order valence-corrected chi connectivity index (χ0v) is 15.6. The van der Waals surface area contributed by atoms with Crippen LogP contribution in [0.15, 0.2) is 23.1 Å². The van der Waals surface area contributed by atoms with Crippen LogP contribution < -0.4 is 15.4 Å². The summed E-state index contributed by atoms with van der Waals surface area (Å²) in [4.78, 5) is 25.7. The quantitative estimate of drug-likeness (QED) is 0.832. The van der Waals surface area contributed by atoms with Crippen molar-refractivity contribution in [3.8, 4) is 0 Å². The summed E-state index contributed by atoms with van der Waals surface area (Å²) in [5, 5.41) is 4.69. The molecule has 0 N–H and O–H groups in total. The average molecular weight is 354 g/mol. The van der Waals surface area contributed by atoms with E-state index in [1.54, 1.807) is 16.9 Å². The first-order valence-corrected chi connectivity index (χ1v) is 9.49. The van der Waals surface area contributed by atoms with Crippen LogP contribution in [0.2, 0.25) is 0 Å². The lowest BCUT2D eigenvalue weighted by molar-refractivity contribution is 0.472. The highest BCUT2D eigenvalue weighted by molar-refractivity contribution is 5.45. The van der Waals surface area contributed by atoms with Gasteiger partial charge in [0.1, 0.15) is 5.82 Å². The fourth-order valence-corrected chi connectivity index (χ4v) is 3.97. The van der Waals surface area contributed by atoms with Crippen molar-refractivity contribution in [2.75, 3.05) is 30.4 Å². The van der Waals surface area contributed by atoms with Gasteiger partial charge in [-0.2, -0.15) is 10.1 Å². The molecule has 3 heterocycles. The SMILES string of the molecule is CN(C)c1nccc(N2CCCC2Cn2nc3c(cc2=O)CCCC3)n1. The maximum atomic E-state index is 12.5. The van der Waals surface area contributed by atoms with E-state index in [-0.39, 0.29) is 11.6 Å². The predicted molar refractivity (Wildman–Crippen MR) is 102 cm³/mol. The number of aromatic nitrogens is 4. The maximum Gasteiger partial charge on any atom is 0.267 e. The van der Waals surface area contributed by atoms with E-state index in [1.807, 2.05) is 25.1 Å². The topological polar surface area (TPSA) is 67.2 Å². The van der Waals surface area contributed by atoms with Crippen LogP contribution in [0, 0.1) is 0 Å². The molecule has 1 atom stereocenters. The molecule has 4 rings (SSSR count). The first kappa shape index (κ1) is 17.0. The van der Waals surface area contributed by atoms with Gasteiger partial charge in [0.2, 0.25) is 5.95 Å². The highest BCUT2D eigenvalue weighted by Gasteiger charge is 2.27. The van der Waals surface area contributed by atoms with Gasteiger partial charge in [0.25, 0.3) is 5.56 Å². The second-order valence-electron chi connectivity index (χ2n) is 7.44. The average Bonchev–Trinajstić information content (AvgIpc) is 3.10. The molecule has 138 valence electrons. The van der Waals surface area contributed by atoms with Crippen LogP contribution in [0.25, 0.3) is 0 Å². The van der Waals surface area contributed by atoms with E-state index in [1.165, 1.54) is 6.42 Å². The molecule has 2 aromatic rings. The van der Waals surface area contributed by atoms with Gasteiger partial charge in [-0.05, 0) is 50.2 Å². The number of anilines is 2. The standard InChI is InChI=1S/C19H26N6O/c1-23(2)19-20-10-9-17(21-19)24-11-5-7-15(24)13-25-18(26)12-14-6-3-4-8-16(14)22-25/h9-10,12,15H,3-8,11,13H2,1-2H3. The zero-order valence-electron chi connectivity index (χ0n) is 15.6. The van der Waals surface area contributed by atoms with Crippen LogP contribution in [0.3, 0.4) is 0 Å². The fourth-order valence-electron chi connectivity index (χ4n) is 3.97. The van der Waals surface area contributed by atoms with Crippen molar-refractivity contribution in [3.63, 3.8) is 0 Å².